The number of halogens is 1. The monoisotopic (exact) mass is 325 g/mol. The minimum Gasteiger partial charge on any atom is -0.354 e. The summed E-state index contributed by atoms with van der Waals surface area (Å²) in [6.07, 6.45) is 0.906. The van der Waals surface area contributed by atoms with Crippen LogP contribution in [0.1, 0.15) is 16.7 Å². The summed E-state index contributed by atoms with van der Waals surface area (Å²) in [7, 11) is 2.17. The second-order valence-electron chi connectivity index (χ2n) is 6.33. The van der Waals surface area contributed by atoms with E-state index in [1.54, 1.807) is 0 Å². The molecule has 118 valence electrons. The van der Waals surface area contributed by atoms with Gasteiger partial charge >= 0.3 is 0 Å². The first-order chi connectivity index (χ1) is 11.2. The highest BCUT2D eigenvalue weighted by Crippen LogP contribution is 2.31. The fourth-order valence-corrected chi connectivity index (χ4v) is 3.49. The Balaban J connectivity index is 1.84. The minimum atomic E-state index is 0.775. The number of rotatable bonds is 0. The van der Waals surface area contributed by atoms with Gasteiger partial charge in [-0.1, -0.05) is 35.9 Å². The summed E-state index contributed by atoms with van der Waals surface area (Å²) < 4.78 is 0. The Kier molecular flexibility index (Phi) is 3.83. The Morgan fingerprint density at radius 3 is 2.57 bits per heavy atom. The van der Waals surface area contributed by atoms with Crippen molar-refractivity contribution >= 4 is 23.1 Å². The first-order valence-corrected chi connectivity index (χ1v) is 8.47. The Bertz CT molecular complexity index is 761. The van der Waals surface area contributed by atoms with E-state index in [0.717, 1.165) is 49.1 Å². The molecule has 0 aromatic heterocycles. The van der Waals surface area contributed by atoms with Crippen LogP contribution < -0.4 is 0 Å². The number of nitrogens with zero attached hydrogens (tertiary/aromatic N) is 3. The molecule has 0 bridgehead atoms. The van der Waals surface area contributed by atoms with E-state index < -0.39 is 0 Å². The quantitative estimate of drug-likeness (QED) is 0.737. The van der Waals surface area contributed by atoms with Crippen LogP contribution in [0.2, 0.25) is 5.02 Å². The van der Waals surface area contributed by atoms with Crippen molar-refractivity contribution in [1.82, 2.24) is 9.80 Å². The number of hydrogen-bond donors (Lipinski definition) is 0. The molecular weight excluding hydrogens is 306 g/mol. The molecule has 0 N–H and O–H groups in total. The molecule has 0 amide bonds. The zero-order valence-corrected chi connectivity index (χ0v) is 14.1. The van der Waals surface area contributed by atoms with E-state index >= 15 is 0 Å². The van der Waals surface area contributed by atoms with Crippen LogP contribution in [0.25, 0.3) is 0 Å². The Labute approximate surface area is 142 Å². The van der Waals surface area contributed by atoms with Gasteiger partial charge in [0.15, 0.2) is 0 Å². The van der Waals surface area contributed by atoms with Crippen molar-refractivity contribution in [2.45, 2.75) is 6.42 Å². The molecule has 4 heteroatoms. The largest absolute Gasteiger partial charge is 0.354 e. The number of aliphatic imine (C=N–C) groups is 1. The Morgan fingerprint density at radius 1 is 0.957 bits per heavy atom. The summed E-state index contributed by atoms with van der Waals surface area (Å²) in [6.45, 7) is 4.14. The number of benzene rings is 2. The maximum Gasteiger partial charge on any atom is 0.136 e. The topological polar surface area (TPSA) is 18.8 Å². The van der Waals surface area contributed by atoms with Crippen LogP contribution in [0.15, 0.2) is 47.5 Å². The maximum atomic E-state index is 6.29. The molecule has 2 aliphatic heterocycles. The van der Waals surface area contributed by atoms with Crippen molar-refractivity contribution in [1.29, 1.82) is 0 Å². The lowest BCUT2D eigenvalue weighted by atomic mass is 9.99. The van der Waals surface area contributed by atoms with Gasteiger partial charge in [-0.2, -0.15) is 0 Å². The fourth-order valence-electron chi connectivity index (χ4n) is 3.32. The van der Waals surface area contributed by atoms with Crippen molar-refractivity contribution in [2.75, 3.05) is 33.2 Å². The molecule has 0 radical (unpaired) electrons. The molecule has 4 rings (SSSR count). The fraction of sp³-hybridized carbons (Fsp3) is 0.316. The lowest BCUT2D eigenvalue weighted by Gasteiger charge is -2.35. The minimum absolute atomic E-state index is 0.775. The second kappa shape index (κ2) is 5.99. The van der Waals surface area contributed by atoms with Gasteiger partial charge in [-0.25, -0.2) is 4.99 Å². The lowest BCUT2D eigenvalue weighted by Crippen LogP contribution is -2.47. The van der Waals surface area contributed by atoms with Crippen molar-refractivity contribution in [3.05, 3.63) is 64.2 Å². The van der Waals surface area contributed by atoms with Gasteiger partial charge in [0.2, 0.25) is 0 Å². The highest BCUT2D eigenvalue weighted by molar-refractivity contribution is 6.31. The molecule has 3 nitrogen and oxygen atoms in total. The molecule has 0 saturated carbocycles. The van der Waals surface area contributed by atoms with Crippen LogP contribution in [0.4, 0.5) is 5.69 Å². The molecule has 2 aromatic carbocycles. The van der Waals surface area contributed by atoms with Gasteiger partial charge in [-0.3, -0.25) is 0 Å². The van der Waals surface area contributed by atoms with Crippen molar-refractivity contribution < 1.29 is 0 Å². The third-order valence-corrected chi connectivity index (χ3v) is 4.95. The van der Waals surface area contributed by atoms with Crippen LogP contribution >= 0.6 is 11.6 Å². The molecule has 2 aromatic rings. The normalized spacial score (nSPS) is 18.0. The van der Waals surface area contributed by atoms with Crippen molar-refractivity contribution in [3.63, 3.8) is 0 Å². The van der Waals surface area contributed by atoms with Crippen molar-refractivity contribution in [3.8, 4) is 0 Å². The predicted octanol–water partition coefficient (Wildman–Crippen LogP) is 3.57. The van der Waals surface area contributed by atoms with E-state index in [2.05, 4.69) is 53.2 Å². The standard InChI is InChI=1S/C19H20ClN3/c1-22-8-10-23(11-9-22)19-17-13-16(20)7-6-14(17)12-15-4-2-3-5-18(15)21-19/h2-7,13H,8-12H2,1H3. The van der Waals surface area contributed by atoms with Gasteiger partial charge in [-0.15, -0.1) is 0 Å². The second-order valence-corrected chi connectivity index (χ2v) is 6.77. The number of para-hydroxylation sites is 1. The highest BCUT2D eigenvalue weighted by atomic mass is 35.5. The SMILES string of the molecule is CN1CCN(C2=Nc3ccccc3Cc3ccc(Cl)cc32)CC1. The Hall–Kier alpha value is -1.84. The highest BCUT2D eigenvalue weighted by Gasteiger charge is 2.24. The van der Waals surface area contributed by atoms with Crippen LogP contribution in [-0.4, -0.2) is 48.9 Å². The first-order valence-electron chi connectivity index (χ1n) is 8.09. The van der Waals surface area contributed by atoms with E-state index in [-0.39, 0.29) is 0 Å². The third kappa shape index (κ3) is 2.87. The van der Waals surface area contributed by atoms with E-state index in [0.29, 0.717) is 0 Å². The number of likely N-dealkylation sites (N-methyl/N-ethyl adjacent to an activating group) is 1. The van der Waals surface area contributed by atoms with Gasteiger partial charge in [0, 0.05) is 43.2 Å². The number of fused-ring (bicyclic) bond motifs is 2. The van der Waals surface area contributed by atoms with E-state index in [9.17, 15) is 0 Å². The molecule has 1 fully saturated rings. The molecule has 2 aliphatic rings. The zero-order chi connectivity index (χ0) is 15.8. The molecular formula is C19H20ClN3. The van der Waals surface area contributed by atoms with Crippen LogP contribution in [-0.2, 0) is 6.42 Å². The molecule has 2 heterocycles. The summed E-state index contributed by atoms with van der Waals surface area (Å²) in [6, 6.07) is 14.6. The molecule has 23 heavy (non-hydrogen) atoms. The van der Waals surface area contributed by atoms with Crippen molar-refractivity contribution in [2.24, 2.45) is 4.99 Å². The maximum absolute atomic E-state index is 6.29. The Morgan fingerprint density at radius 2 is 1.74 bits per heavy atom. The van der Waals surface area contributed by atoms with Gasteiger partial charge in [0.05, 0.1) is 5.69 Å². The molecule has 0 unspecified atom stereocenters. The van der Waals surface area contributed by atoms with Gasteiger partial charge in [0.25, 0.3) is 0 Å². The lowest BCUT2D eigenvalue weighted by molar-refractivity contribution is 0.216. The summed E-state index contributed by atoms with van der Waals surface area (Å²) in [5, 5.41) is 0.775. The molecule has 0 spiro atoms. The number of piperazine rings is 1. The van der Waals surface area contributed by atoms with Crippen LogP contribution in [0.5, 0.6) is 0 Å². The third-order valence-electron chi connectivity index (χ3n) is 4.71. The number of amidine groups is 1. The van der Waals surface area contributed by atoms with E-state index in [1.807, 2.05) is 6.07 Å². The molecule has 0 aliphatic carbocycles. The van der Waals surface area contributed by atoms with E-state index in [1.165, 1.54) is 16.7 Å². The first kappa shape index (κ1) is 14.7. The number of hydrogen-bond acceptors (Lipinski definition) is 3. The van der Waals surface area contributed by atoms with Crippen LogP contribution in [0.3, 0.4) is 0 Å². The summed E-state index contributed by atoms with van der Waals surface area (Å²) in [5.74, 6) is 1.07. The summed E-state index contributed by atoms with van der Waals surface area (Å²) in [5.41, 5.74) is 4.84. The van der Waals surface area contributed by atoms with Gasteiger partial charge in [0.1, 0.15) is 5.84 Å². The average Bonchev–Trinajstić information content (AvgIpc) is 2.72. The van der Waals surface area contributed by atoms with Gasteiger partial charge < -0.3 is 9.80 Å². The summed E-state index contributed by atoms with van der Waals surface area (Å²) in [4.78, 5) is 9.80. The zero-order valence-electron chi connectivity index (χ0n) is 13.3. The predicted molar refractivity (Wildman–Crippen MR) is 96.0 cm³/mol. The van der Waals surface area contributed by atoms with Gasteiger partial charge in [-0.05, 0) is 36.4 Å². The van der Waals surface area contributed by atoms with E-state index in [4.69, 9.17) is 16.6 Å². The smallest absolute Gasteiger partial charge is 0.136 e. The average molecular weight is 326 g/mol. The molecule has 0 atom stereocenters. The summed E-state index contributed by atoms with van der Waals surface area (Å²) >= 11 is 6.29. The van der Waals surface area contributed by atoms with Crippen LogP contribution in [0, 0.1) is 0 Å². The molecule has 1 saturated heterocycles.